The summed E-state index contributed by atoms with van der Waals surface area (Å²) in [5.74, 6) is 0. The summed E-state index contributed by atoms with van der Waals surface area (Å²) >= 11 is 3.64. The van der Waals surface area contributed by atoms with Crippen LogP contribution < -0.4 is 0 Å². The molecule has 3 aromatic heterocycles. The molecule has 0 amide bonds. The molecule has 4 heteroatoms. The molecule has 0 fully saturated rings. The summed E-state index contributed by atoms with van der Waals surface area (Å²) in [4.78, 5) is 5.29. The van der Waals surface area contributed by atoms with Crippen molar-refractivity contribution < 1.29 is 0 Å². The molecule has 0 aliphatic carbocycles. The third-order valence-corrected chi connectivity index (χ3v) is 9.03. The van der Waals surface area contributed by atoms with Crippen LogP contribution in [-0.4, -0.2) is 9.55 Å². The van der Waals surface area contributed by atoms with Gasteiger partial charge in [0.05, 0.1) is 21.3 Å². The minimum absolute atomic E-state index is 1.07. The van der Waals surface area contributed by atoms with Crippen LogP contribution >= 0.6 is 22.7 Å². The average molecular weight is 483 g/mol. The van der Waals surface area contributed by atoms with Crippen LogP contribution in [0.5, 0.6) is 0 Å². The number of fused-ring (bicyclic) bond motifs is 8. The van der Waals surface area contributed by atoms with E-state index in [2.05, 4.69) is 114 Å². The van der Waals surface area contributed by atoms with Gasteiger partial charge in [0, 0.05) is 42.2 Å². The Morgan fingerprint density at radius 2 is 1.26 bits per heavy atom. The molecule has 0 aliphatic rings. The van der Waals surface area contributed by atoms with Gasteiger partial charge in [-0.2, -0.15) is 0 Å². The van der Waals surface area contributed by atoms with Crippen molar-refractivity contribution in [3.63, 3.8) is 0 Å². The van der Waals surface area contributed by atoms with Crippen LogP contribution in [0.2, 0.25) is 0 Å². The molecule has 0 bridgehead atoms. The van der Waals surface area contributed by atoms with E-state index < -0.39 is 0 Å². The first-order valence-electron chi connectivity index (χ1n) is 11.7. The van der Waals surface area contributed by atoms with Crippen LogP contribution in [-0.2, 0) is 0 Å². The normalized spacial score (nSPS) is 12.0. The number of thiazole rings is 1. The molecular weight excluding hydrogens is 464 g/mol. The lowest BCUT2D eigenvalue weighted by Crippen LogP contribution is -1.92. The summed E-state index contributed by atoms with van der Waals surface area (Å²) in [7, 11) is 0. The molecule has 0 atom stereocenters. The van der Waals surface area contributed by atoms with Crippen molar-refractivity contribution >= 4 is 74.9 Å². The summed E-state index contributed by atoms with van der Waals surface area (Å²) in [6.07, 6.45) is 0. The van der Waals surface area contributed by atoms with Gasteiger partial charge in [-0.05, 0) is 42.5 Å². The predicted octanol–water partition coefficient (Wildman–Crippen LogP) is 9.43. The highest BCUT2D eigenvalue weighted by molar-refractivity contribution is 7.26. The molecule has 5 aromatic carbocycles. The van der Waals surface area contributed by atoms with Crippen LogP contribution in [0.1, 0.15) is 0 Å². The summed E-state index contributed by atoms with van der Waals surface area (Å²) in [6.45, 7) is 0. The Kier molecular flexibility index (Phi) is 4.01. The first-order valence-corrected chi connectivity index (χ1v) is 13.3. The van der Waals surface area contributed by atoms with Gasteiger partial charge in [-0.1, -0.05) is 66.7 Å². The molecule has 0 saturated heterocycles. The van der Waals surface area contributed by atoms with Crippen LogP contribution in [0.25, 0.3) is 68.5 Å². The van der Waals surface area contributed by atoms with Crippen molar-refractivity contribution in [1.82, 2.24) is 9.55 Å². The maximum atomic E-state index is 5.29. The van der Waals surface area contributed by atoms with Gasteiger partial charge in [-0.15, -0.1) is 22.7 Å². The van der Waals surface area contributed by atoms with E-state index in [0.29, 0.717) is 0 Å². The zero-order valence-electron chi connectivity index (χ0n) is 18.6. The summed E-state index contributed by atoms with van der Waals surface area (Å²) in [6, 6.07) is 39.1. The van der Waals surface area contributed by atoms with Gasteiger partial charge in [0.25, 0.3) is 0 Å². The van der Waals surface area contributed by atoms with E-state index in [1.165, 1.54) is 57.9 Å². The Bertz CT molecular complexity index is 2060. The summed E-state index contributed by atoms with van der Waals surface area (Å²) < 4.78 is 6.22. The molecule has 0 spiro atoms. The van der Waals surface area contributed by atoms with Crippen molar-refractivity contribution in [2.75, 3.05) is 0 Å². The SMILES string of the molecule is c1ccc(-n2c3ccccc3c3c(-c4nc5c(ccc6sc7ccccc7c65)s4)cccc32)cc1. The average Bonchev–Trinajstić information content (AvgIpc) is 3.60. The maximum Gasteiger partial charge on any atom is 0.125 e. The largest absolute Gasteiger partial charge is 0.309 e. The third kappa shape index (κ3) is 2.72. The number of benzene rings is 5. The van der Waals surface area contributed by atoms with Crippen LogP contribution in [0.4, 0.5) is 0 Å². The van der Waals surface area contributed by atoms with E-state index in [9.17, 15) is 0 Å². The monoisotopic (exact) mass is 482 g/mol. The molecule has 0 unspecified atom stereocenters. The van der Waals surface area contributed by atoms with Gasteiger partial charge < -0.3 is 4.57 Å². The predicted molar refractivity (Wildman–Crippen MR) is 152 cm³/mol. The minimum Gasteiger partial charge on any atom is -0.309 e. The highest BCUT2D eigenvalue weighted by Gasteiger charge is 2.19. The second kappa shape index (κ2) is 7.25. The Labute approximate surface area is 209 Å². The molecule has 8 aromatic rings. The van der Waals surface area contributed by atoms with E-state index in [0.717, 1.165) is 10.5 Å². The highest BCUT2D eigenvalue weighted by atomic mass is 32.1. The topological polar surface area (TPSA) is 17.8 Å². The third-order valence-electron chi connectivity index (χ3n) is 6.84. The smallest absolute Gasteiger partial charge is 0.125 e. The number of thiophene rings is 1. The quantitative estimate of drug-likeness (QED) is 0.240. The number of hydrogen-bond donors (Lipinski definition) is 0. The fourth-order valence-corrected chi connectivity index (χ4v) is 7.48. The molecule has 3 heterocycles. The lowest BCUT2D eigenvalue weighted by atomic mass is 10.1. The Morgan fingerprint density at radius 3 is 2.17 bits per heavy atom. The Hall–Kier alpha value is -3.99. The van der Waals surface area contributed by atoms with E-state index in [4.69, 9.17) is 4.98 Å². The van der Waals surface area contributed by atoms with Crippen LogP contribution in [0.3, 0.4) is 0 Å². The minimum atomic E-state index is 1.07. The van der Waals surface area contributed by atoms with Gasteiger partial charge >= 0.3 is 0 Å². The molecule has 164 valence electrons. The fourth-order valence-electron chi connectivity index (χ4n) is 5.37. The molecule has 0 aliphatic heterocycles. The lowest BCUT2D eigenvalue weighted by Gasteiger charge is -2.07. The van der Waals surface area contributed by atoms with Gasteiger partial charge in [-0.3, -0.25) is 0 Å². The lowest BCUT2D eigenvalue weighted by molar-refractivity contribution is 1.18. The first kappa shape index (κ1) is 19.3. The summed E-state index contributed by atoms with van der Waals surface area (Å²) in [5.41, 5.74) is 5.91. The molecule has 0 N–H and O–H groups in total. The molecule has 8 rings (SSSR count). The highest BCUT2D eigenvalue weighted by Crippen LogP contribution is 2.44. The van der Waals surface area contributed by atoms with Crippen LogP contribution in [0.15, 0.2) is 109 Å². The second-order valence-electron chi connectivity index (χ2n) is 8.79. The zero-order chi connectivity index (χ0) is 22.9. The second-order valence-corrected chi connectivity index (χ2v) is 10.9. The fraction of sp³-hybridized carbons (Fsp3) is 0. The maximum absolute atomic E-state index is 5.29. The van der Waals surface area contributed by atoms with Crippen molar-refractivity contribution in [3.05, 3.63) is 109 Å². The van der Waals surface area contributed by atoms with E-state index in [1.807, 2.05) is 11.3 Å². The number of para-hydroxylation sites is 2. The van der Waals surface area contributed by atoms with Crippen molar-refractivity contribution in [1.29, 1.82) is 0 Å². The molecule has 0 radical (unpaired) electrons. The van der Waals surface area contributed by atoms with Crippen molar-refractivity contribution in [2.45, 2.75) is 0 Å². The summed E-state index contributed by atoms with van der Waals surface area (Å²) in [5, 5.41) is 6.17. The van der Waals surface area contributed by atoms with E-state index in [-0.39, 0.29) is 0 Å². The standard InChI is InChI=1S/C31H18N2S2/c1-2-9-19(10-3-1)33-23-14-6-4-11-20(23)28-22(13-8-15-24(28)33)31-32-30-27(35-31)18-17-26-29(30)21-12-5-7-16-25(21)34-26/h1-18H. The molecular formula is C31H18N2S2. The zero-order valence-corrected chi connectivity index (χ0v) is 20.2. The number of nitrogens with zero attached hydrogens (tertiary/aromatic N) is 2. The van der Waals surface area contributed by atoms with Gasteiger partial charge in [0.2, 0.25) is 0 Å². The van der Waals surface area contributed by atoms with Gasteiger partial charge in [-0.25, -0.2) is 4.98 Å². The molecule has 0 saturated carbocycles. The first-order chi connectivity index (χ1) is 17.4. The van der Waals surface area contributed by atoms with Gasteiger partial charge in [0.1, 0.15) is 5.01 Å². The number of hydrogen-bond acceptors (Lipinski definition) is 3. The Morgan fingerprint density at radius 1 is 0.514 bits per heavy atom. The molecule has 35 heavy (non-hydrogen) atoms. The Balaban J connectivity index is 1.47. The van der Waals surface area contributed by atoms with Gasteiger partial charge in [0.15, 0.2) is 0 Å². The van der Waals surface area contributed by atoms with E-state index >= 15 is 0 Å². The molecule has 2 nitrogen and oxygen atoms in total. The number of rotatable bonds is 2. The van der Waals surface area contributed by atoms with Crippen LogP contribution in [0, 0.1) is 0 Å². The van der Waals surface area contributed by atoms with Crippen molar-refractivity contribution in [2.24, 2.45) is 0 Å². The van der Waals surface area contributed by atoms with Crippen molar-refractivity contribution in [3.8, 4) is 16.3 Å². The number of aromatic nitrogens is 2. The van der Waals surface area contributed by atoms with E-state index in [1.54, 1.807) is 11.3 Å².